The molecule has 0 bridgehead atoms. The first-order valence-corrected chi connectivity index (χ1v) is 9.03. The molecular formula is C16H23N3O3S. The maximum atomic E-state index is 12.6. The Kier molecular flexibility index (Phi) is 5.30. The van der Waals surface area contributed by atoms with Gasteiger partial charge < -0.3 is 10.6 Å². The number of carbonyl (C=O) groups is 2. The second-order valence-corrected chi connectivity index (χ2v) is 7.15. The van der Waals surface area contributed by atoms with Crippen LogP contribution in [-0.4, -0.2) is 48.0 Å². The monoisotopic (exact) mass is 337 g/mol. The summed E-state index contributed by atoms with van der Waals surface area (Å²) in [6, 6.07) is 3.77. The van der Waals surface area contributed by atoms with Gasteiger partial charge in [-0.25, -0.2) is 0 Å². The molecule has 0 saturated carbocycles. The predicted octanol–water partition coefficient (Wildman–Crippen LogP) is 1.93. The summed E-state index contributed by atoms with van der Waals surface area (Å²) in [7, 11) is 0. The number of nitrogens with two attached hydrogens (primary N) is 1. The van der Waals surface area contributed by atoms with Gasteiger partial charge in [-0.1, -0.05) is 0 Å². The molecule has 0 radical (unpaired) electrons. The number of hydroxylamine groups is 2. The van der Waals surface area contributed by atoms with E-state index in [1.165, 1.54) is 11.3 Å². The first-order chi connectivity index (χ1) is 11.1. The lowest BCUT2D eigenvalue weighted by atomic mass is 10.2. The van der Waals surface area contributed by atoms with Crippen LogP contribution in [0.5, 0.6) is 0 Å². The average Bonchev–Trinajstić information content (AvgIpc) is 3.22. The van der Waals surface area contributed by atoms with Crippen LogP contribution in [0.2, 0.25) is 0 Å². The number of hydrogen-bond donors (Lipinski definition) is 1. The molecule has 23 heavy (non-hydrogen) atoms. The minimum Gasteiger partial charge on any atom is -0.365 e. The molecule has 6 nitrogen and oxygen atoms in total. The lowest BCUT2D eigenvalue weighted by molar-refractivity contribution is -0.182. The van der Waals surface area contributed by atoms with Crippen molar-refractivity contribution in [2.24, 2.45) is 5.73 Å². The Morgan fingerprint density at radius 1 is 1.26 bits per heavy atom. The van der Waals surface area contributed by atoms with E-state index in [4.69, 9.17) is 10.6 Å². The number of nitrogens with zero attached hydrogens (tertiary/aromatic N) is 2. The molecule has 0 aromatic carbocycles. The minimum absolute atomic E-state index is 0.0860. The van der Waals surface area contributed by atoms with Gasteiger partial charge >= 0.3 is 0 Å². The van der Waals surface area contributed by atoms with Crippen molar-refractivity contribution in [2.75, 3.05) is 26.2 Å². The Bertz CT molecular complexity index is 569. The first-order valence-electron chi connectivity index (χ1n) is 8.22. The van der Waals surface area contributed by atoms with Crippen LogP contribution in [0.4, 0.5) is 0 Å². The molecule has 3 rings (SSSR count). The second kappa shape index (κ2) is 7.42. The van der Waals surface area contributed by atoms with Crippen molar-refractivity contribution in [1.29, 1.82) is 0 Å². The number of likely N-dealkylation sites (tertiary alicyclic amines) is 1. The highest BCUT2D eigenvalue weighted by Crippen LogP contribution is 2.36. The highest BCUT2D eigenvalue weighted by Gasteiger charge is 2.31. The van der Waals surface area contributed by atoms with Crippen LogP contribution in [0.15, 0.2) is 12.1 Å². The van der Waals surface area contributed by atoms with Gasteiger partial charge in [0.1, 0.15) is 0 Å². The summed E-state index contributed by atoms with van der Waals surface area (Å²) in [4.78, 5) is 32.9. The average molecular weight is 337 g/mol. The summed E-state index contributed by atoms with van der Waals surface area (Å²) in [6.45, 7) is 3.10. The van der Waals surface area contributed by atoms with Crippen molar-refractivity contribution in [3.8, 4) is 0 Å². The largest absolute Gasteiger partial charge is 0.365 e. The molecule has 2 aliphatic heterocycles. The van der Waals surface area contributed by atoms with Gasteiger partial charge in [0.2, 0.25) is 5.91 Å². The molecule has 2 fully saturated rings. The van der Waals surface area contributed by atoms with Crippen molar-refractivity contribution in [3.63, 3.8) is 0 Å². The fourth-order valence-electron chi connectivity index (χ4n) is 3.21. The maximum absolute atomic E-state index is 12.6. The third kappa shape index (κ3) is 3.91. The summed E-state index contributed by atoms with van der Waals surface area (Å²) in [5, 5.41) is 1.91. The molecule has 126 valence electrons. The molecule has 1 atom stereocenters. The van der Waals surface area contributed by atoms with Gasteiger partial charge in [0.15, 0.2) is 0 Å². The highest BCUT2D eigenvalue weighted by atomic mass is 32.1. The Labute approximate surface area is 140 Å². The van der Waals surface area contributed by atoms with Crippen LogP contribution in [0.25, 0.3) is 0 Å². The van der Waals surface area contributed by atoms with Crippen LogP contribution >= 0.6 is 11.3 Å². The standard InChI is InChI=1S/C16H23N3O3S/c17-16(21)14-6-5-13(23-14)12-4-3-9-19(12)15(20)7-10-18-8-1-2-11-22-18/h5-6,12H,1-4,7-11H2,(H2,17,21). The summed E-state index contributed by atoms with van der Waals surface area (Å²) < 4.78 is 0. The lowest BCUT2D eigenvalue weighted by Gasteiger charge is -2.28. The predicted molar refractivity (Wildman–Crippen MR) is 87.9 cm³/mol. The van der Waals surface area contributed by atoms with Crippen LogP contribution in [0.1, 0.15) is 52.7 Å². The summed E-state index contributed by atoms with van der Waals surface area (Å²) >= 11 is 1.40. The molecule has 1 unspecified atom stereocenters. The fraction of sp³-hybridized carbons (Fsp3) is 0.625. The van der Waals surface area contributed by atoms with E-state index in [9.17, 15) is 9.59 Å². The van der Waals surface area contributed by atoms with E-state index in [0.717, 1.165) is 50.3 Å². The van der Waals surface area contributed by atoms with E-state index in [1.54, 1.807) is 6.07 Å². The molecule has 2 aliphatic rings. The highest BCUT2D eigenvalue weighted by molar-refractivity contribution is 7.14. The van der Waals surface area contributed by atoms with Gasteiger partial charge in [-0.3, -0.25) is 14.4 Å². The number of amides is 2. The maximum Gasteiger partial charge on any atom is 0.258 e. The SMILES string of the molecule is NC(=O)c1ccc(C2CCCN2C(=O)CCN2CCCCO2)s1. The number of primary amides is 1. The third-order valence-electron chi connectivity index (χ3n) is 4.42. The lowest BCUT2D eigenvalue weighted by Crippen LogP contribution is -2.36. The van der Waals surface area contributed by atoms with Crippen LogP contribution < -0.4 is 5.73 Å². The van der Waals surface area contributed by atoms with Crippen molar-refractivity contribution >= 4 is 23.2 Å². The van der Waals surface area contributed by atoms with E-state index >= 15 is 0 Å². The van der Waals surface area contributed by atoms with Crippen molar-refractivity contribution in [2.45, 2.75) is 38.1 Å². The zero-order valence-corrected chi connectivity index (χ0v) is 14.0. The molecule has 2 amide bonds. The minimum atomic E-state index is -0.403. The van der Waals surface area contributed by atoms with Gasteiger partial charge in [0, 0.05) is 30.9 Å². The Hall–Kier alpha value is -1.44. The van der Waals surface area contributed by atoms with Gasteiger partial charge in [-0.15, -0.1) is 11.3 Å². The van der Waals surface area contributed by atoms with Crippen LogP contribution in [-0.2, 0) is 9.63 Å². The quantitative estimate of drug-likeness (QED) is 0.891. The summed E-state index contributed by atoms with van der Waals surface area (Å²) in [5.41, 5.74) is 5.32. The van der Waals surface area contributed by atoms with Crippen LogP contribution in [0, 0.1) is 0 Å². The molecule has 0 aliphatic carbocycles. The molecule has 7 heteroatoms. The Balaban J connectivity index is 1.58. The molecule has 1 aromatic heterocycles. The number of rotatable bonds is 5. The van der Waals surface area contributed by atoms with Crippen molar-refractivity contribution in [1.82, 2.24) is 9.96 Å². The molecule has 0 spiro atoms. The van der Waals surface area contributed by atoms with E-state index in [0.29, 0.717) is 17.8 Å². The Morgan fingerprint density at radius 3 is 2.83 bits per heavy atom. The molecule has 1 aromatic rings. The van der Waals surface area contributed by atoms with Gasteiger partial charge in [-0.2, -0.15) is 5.06 Å². The summed E-state index contributed by atoms with van der Waals surface area (Å²) in [5.74, 6) is -0.241. The molecule has 3 heterocycles. The van der Waals surface area contributed by atoms with E-state index in [2.05, 4.69) is 0 Å². The van der Waals surface area contributed by atoms with Gasteiger partial charge in [0.25, 0.3) is 5.91 Å². The normalized spacial score (nSPS) is 22.4. The Morgan fingerprint density at radius 2 is 2.13 bits per heavy atom. The molecular weight excluding hydrogens is 314 g/mol. The van der Waals surface area contributed by atoms with E-state index < -0.39 is 5.91 Å². The zero-order valence-electron chi connectivity index (χ0n) is 13.2. The molecule has 2 N–H and O–H groups in total. The van der Waals surface area contributed by atoms with Crippen molar-refractivity contribution in [3.05, 3.63) is 21.9 Å². The number of thiophene rings is 1. The van der Waals surface area contributed by atoms with Gasteiger partial charge in [-0.05, 0) is 37.8 Å². The van der Waals surface area contributed by atoms with Crippen LogP contribution in [0.3, 0.4) is 0 Å². The topological polar surface area (TPSA) is 75.9 Å². The number of hydrogen-bond acceptors (Lipinski definition) is 5. The first kappa shape index (κ1) is 16.4. The van der Waals surface area contributed by atoms with Gasteiger partial charge in [0.05, 0.1) is 17.5 Å². The van der Waals surface area contributed by atoms with E-state index in [1.807, 2.05) is 16.0 Å². The fourth-order valence-corrected chi connectivity index (χ4v) is 4.22. The molecule has 2 saturated heterocycles. The van der Waals surface area contributed by atoms with E-state index in [-0.39, 0.29) is 11.9 Å². The van der Waals surface area contributed by atoms with Crippen molar-refractivity contribution < 1.29 is 14.4 Å². The zero-order chi connectivity index (χ0) is 16.2. The number of carbonyl (C=O) groups excluding carboxylic acids is 2. The third-order valence-corrected chi connectivity index (χ3v) is 5.62. The summed E-state index contributed by atoms with van der Waals surface area (Å²) in [6.07, 6.45) is 4.65. The smallest absolute Gasteiger partial charge is 0.258 e. The second-order valence-electron chi connectivity index (χ2n) is 6.03.